The summed E-state index contributed by atoms with van der Waals surface area (Å²) in [5, 5.41) is 1.93. The summed E-state index contributed by atoms with van der Waals surface area (Å²) in [6.45, 7) is 3.46. The number of hydrogen-bond donors (Lipinski definition) is 2. The van der Waals surface area contributed by atoms with Crippen molar-refractivity contribution < 1.29 is 14.4 Å². The summed E-state index contributed by atoms with van der Waals surface area (Å²) in [7, 11) is 0. The van der Waals surface area contributed by atoms with Gasteiger partial charge in [-0.3, -0.25) is 19.7 Å². The van der Waals surface area contributed by atoms with Gasteiger partial charge in [-0.2, -0.15) is 0 Å². The fourth-order valence-electron chi connectivity index (χ4n) is 3.24. The van der Waals surface area contributed by atoms with E-state index >= 15 is 0 Å². The summed E-state index contributed by atoms with van der Waals surface area (Å²) < 4.78 is 0. The van der Waals surface area contributed by atoms with E-state index in [1.807, 2.05) is 29.2 Å². The maximum absolute atomic E-state index is 12.3. The van der Waals surface area contributed by atoms with Gasteiger partial charge in [-0.05, 0) is 48.9 Å². The van der Waals surface area contributed by atoms with Crippen LogP contribution < -0.4 is 16.0 Å². The first-order valence-corrected chi connectivity index (χ1v) is 9.97. The summed E-state index contributed by atoms with van der Waals surface area (Å²) in [5.41, 5.74) is 7.39. The predicted octanol–water partition coefficient (Wildman–Crippen LogP) is 1.79. The average molecular weight is 388 g/mol. The Morgan fingerprint density at radius 3 is 2.56 bits per heavy atom. The average Bonchev–Trinajstić information content (AvgIpc) is 2.99. The number of nitrogens with zero attached hydrogens (tertiary/aromatic N) is 2. The number of nitrogens with two attached hydrogens (primary N) is 1. The molecule has 2 saturated heterocycles. The van der Waals surface area contributed by atoms with Gasteiger partial charge < -0.3 is 15.5 Å². The molecule has 0 bridgehead atoms. The highest BCUT2D eigenvalue weighted by Gasteiger charge is 2.26. The zero-order valence-electron chi connectivity index (χ0n) is 15.1. The third kappa shape index (κ3) is 4.90. The fourth-order valence-corrected chi connectivity index (χ4v) is 3.91. The van der Waals surface area contributed by atoms with E-state index in [1.165, 1.54) is 0 Å². The molecule has 2 heterocycles. The van der Waals surface area contributed by atoms with Gasteiger partial charge in [-0.25, -0.2) is 0 Å². The van der Waals surface area contributed by atoms with E-state index in [2.05, 4.69) is 10.2 Å². The smallest absolute Gasteiger partial charge is 0.290 e. The molecule has 0 saturated carbocycles. The molecule has 144 valence electrons. The van der Waals surface area contributed by atoms with Crippen LogP contribution in [-0.4, -0.2) is 54.7 Å². The molecule has 0 radical (unpaired) electrons. The molecule has 0 aliphatic carbocycles. The van der Waals surface area contributed by atoms with E-state index < -0.39 is 0 Å². The minimum absolute atomic E-state index is 0.191. The molecule has 0 atom stereocenters. The fraction of sp³-hybridized carbons (Fsp3) is 0.421. The number of thioether (sulfide) groups is 1. The van der Waals surface area contributed by atoms with E-state index in [-0.39, 0.29) is 17.1 Å². The second-order valence-electron chi connectivity index (χ2n) is 6.52. The Kier molecular flexibility index (Phi) is 6.52. The Labute approximate surface area is 162 Å². The van der Waals surface area contributed by atoms with E-state index in [0.29, 0.717) is 31.0 Å². The number of amides is 3. The van der Waals surface area contributed by atoms with Crippen LogP contribution in [0.2, 0.25) is 0 Å². The highest BCUT2D eigenvalue weighted by molar-refractivity contribution is 8.18. The quantitative estimate of drug-likeness (QED) is 0.570. The van der Waals surface area contributed by atoms with Gasteiger partial charge in [0, 0.05) is 38.3 Å². The van der Waals surface area contributed by atoms with Crippen LogP contribution in [0.1, 0.15) is 24.8 Å². The molecule has 3 amide bonds. The minimum atomic E-state index is -0.354. The van der Waals surface area contributed by atoms with Crippen LogP contribution in [0.25, 0.3) is 6.08 Å². The molecule has 3 N–H and O–H groups in total. The number of rotatable bonds is 6. The molecule has 0 aromatic heterocycles. The van der Waals surface area contributed by atoms with Crippen LogP contribution in [-0.2, 0) is 9.59 Å². The van der Waals surface area contributed by atoms with Crippen molar-refractivity contribution in [1.82, 2.24) is 10.2 Å². The van der Waals surface area contributed by atoms with Crippen molar-refractivity contribution in [2.24, 2.45) is 5.73 Å². The summed E-state index contributed by atoms with van der Waals surface area (Å²) >= 11 is 0.919. The molecule has 2 fully saturated rings. The molecule has 7 nitrogen and oxygen atoms in total. The Balaban J connectivity index is 1.65. The largest absolute Gasteiger partial charge is 0.367 e. The van der Waals surface area contributed by atoms with E-state index in [1.54, 1.807) is 6.08 Å². The van der Waals surface area contributed by atoms with Gasteiger partial charge in [0.25, 0.3) is 11.1 Å². The first kappa shape index (κ1) is 19.4. The summed E-state index contributed by atoms with van der Waals surface area (Å²) in [6, 6.07) is 7.80. The zero-order chi connectivity index (χ0) is 19.2. The molecule has 27 heavy (non-hydrogen) atoms. The first-order valence-electron chi connectivity index (χ1n) is 9.15. The molecular formula is C19H24N4O3S. The SMILES string of the molecule is NCCCCC(=O)N1CCN(c2ccccc2/C=C2\SC(=O)NC2=O)CC1. The molecule has 8 heteroatoms. The molecule has 2 aliphatic rings. The number of carbonyl (C=O) groups is 3. The summed E-state index contributed by atoms with van der Waals surface area (Å²) in [5.74, 6) is -0.163. The molecular weight excluding hydrogens is 364 g/mol. The summed E-state index contributed by atoms with van der Waals surface area (Å²) in [6.07, 6.45) is 4.02. The number of unbranched alkanes of at least 4 members (excludes halogenated alkanes) is 1. The molecule has 0 spiro atoms. The Hall–Kier alpha value is -2.32. The Morgan fingerprint density at radius 2 is 1.89 bits per heavy atom. The minimum Gasteiger partial charge on any atom is -0.367 e. The van der Waals surface area contributed by atoms with Crippen LogP contribution >= 0.6 is 11.8 Å². The number of piperazine rings is 1. The number of carbonyl (C=O) groups excluding carboxylic acids is 3. The third-order valence-corrected chi connectivity index (χ3v) is 5.49. The van der Waals surface area contributed by atoms with Gasteiger partial charge in [0.1, 0.15) is 0 Å². The highest BCUT2D eigenvalue weighted by Crippen LogP contribution is 2.30. The van der Waals surface area contributed by atoms with Crippen molar-refractivity contribution in [1.29, 1.82) is 0 Å². The topological polar surface area (TPSA) is 95.7 Å². The Morgan fingerprint density at radius 1 is 1.15 bits per heavy atom. The number of anilines is 1. The molecule has 1 aromatic carbocycles. The van der Waals surface area contributed by atoms with Crippen LogP contribution in [0.15, 0.2) is 29.2 Å². The highest BCUT2D eigenvalue weighted by atomic mass is 32.2. The Bertz CT molecular complexity index is 757. The van der Waals surface area contributed by atoms with Crippen molar-refractivity contribution in [2.45, 2.75) is 19.3 Å². The van der Waals surface area contributed by atoms with Crippen LogP contribution in [0.4, 0.5) is 10.5 Å². The van der Waals surface area contributed by atoms with Gasteiger partial charge in [-0.1, -0.05) is 18.2 Å². The van der Waals surface area contributed by atoms with E-state index in [0.717, 1.165) is 48.9 Å². The summed E-state index contributed by atoms with van der Waals surface area (Å²) in [4.78, 5) is 40.0. The lowest BCUT2D eigenvalue weighted by Gasteiger charge is -2.37. The molecule has 0 unspecified atom stereocenters. The molecule has 1 aromatic rings. The second kappa shape index (κ2) is 9.05. The van der Waals surface area contributed by atoms with Gasteiger partial charge in [0.05, 0.1) is 4.91 Å². The predicted molar refractivity (Wildman–Crippen MR) is 107 cm³/mol. The maximum atomic E-state index is 12.3. The van der Waals surface area contributed by atoms with Crippen LogP contribution in [0.5, 0.6) is 0 Å². The van der Waals surface area contributed by atoms with Gasteiger partial charge in [0.2, 0.25) is 5.91 Å². The number of benzene rings is 1. The lowest BCUT2D eigenvalue weighted by molar-refractivity contribution is -0.131. The number of imide groups is 1. The molecule has 2 aliphatic heterocycles. The van der Waals surface area contributed by atoms with Crippen LogP contribution in [0, 0.1) is 0 Å². The van der Waals surface area contributed by atoms with Crippen molar-refractivity contribution in [3.63, 3.8) is 0 Å². The van der Waals surface area contributed by atoms with Gasteiger partial charge >= 0.3 is 0 Å². The first-order chi connectivity index (χ1) is 13.1. The van der Waals surface area contributed by atoms with Crippen molar-refractivity contribution in [3.8, 4) is 0 Å². The third-order valence-electron chi connectivity index (χ3n) is 4.68. The van der Waals surface area contributed by atoms with Crippen LogP contribution in [0.3, 0.4) is 0 Å². The maximum Gasteiger partial charge on any atom is 0.290 e. The van der Waals surface area contributed by atoms with Crippen molar-refractivity contribution in [2.75, 3.05) is 37.6 Å². The monoisotopic (exact) mass is 388 g/mol. The molecule has 3 rings (SSSR count). The lowest BCUT2D eigenvalue weighted by atomic mass is 10.1. The van der Waals surface area contributed by atoms with Crippen molar-refractivity contribution in [3.05, 3.63) is 34.7 Å². The number of hydrogen-bond acceptors (Lipinski definition) is 6. The van der Waals surface area contributed by atoms with Gasteiger partial charge in [-0.15, -0.1) is 0 Å². The number of nitrogens with one attached hydrogen (secondary N) is 1. The van der Waals surface area contributed by atoms with Crippen molar-refractivity contribution >= 4 is 40.6 Å². The lowest BCUT2D eigenvalue weighted by Crippen LogP contribution is -2.49. The van der Waals surface area contributed by atoms with E-state index in [9.17, 15) is 14.4 Å². The van der Waals surface area contributed by atoms with Gasteiger partial charge in [0.15, 0.2) is 0 Å². The second-order valence-corrected chi connectivity index (χ2v) is 7.54. The van der Waals surface area contributed by atoms with E-state index in [4.69, 9.17) is 5.73 Å². The zero-order valence-corrected chi connectivity index (χ0v) is 16.0. The standard InChI is InChI=1S/C19H24N4O3S/c20-8-4-3-7-17(24)23-11-9-22(10-12-23)15-6-2-1-5-14(15)13-16-18(25)21-19(26)27-16/h1-2,5-6,13H,3-4,7-12,20H2,(H,21,25,26)/b16-13-. The normalized spacial score (nSPS) is 18.9. The number of para-hydroxylation sites is 1.